The van der Waals surface area contributed by atoms with E-state index in [0.29, 0.717) is 0 Å². The number of benzene rings is 1. The van der Waals surface area contributed by atoms with Crippen molar-refractivity contribution in [3.8, 4) is 5.75 Å². The van der Waals surface area contributed by atoms with Crippen LogP contribution in [0, 0.1) is 5.82 Å². The van der Waals surface area contributed by atoms with E-state index in [1.807, 2.05) is 0 Å². The first-order valence-corrected chi connectivity index (χ1v) is 7.42. The van der Waals surface area contributed by atoms with Crippen LogP contribution in [0.5, 0.6) is 5.75 Å². The highest BCUT2D eigenvalue weighted by atomic mass is 19.4. The number of ether oxygens (including phenoxy) is 4. The molecular weight excluding hydrogens is 378 g/mol. The lowest BCUT2D eigenvalue weighted by Crippen LogP contribution is -2.38. The van der Waals surface area contributed by atoms with E-state index in [9.17, 15) is 27.2 Å². The molecule has 0 atom stereocenters. The van der Waals surface area contributed by atoms with Crippen LogP contribution in [0.25, 0.3) is 0 Å². The van der Waals surface area contributed by atoms with Crippen molar-refractivity contribution in [2.24, 2.45) is 0 Å². The first-order chi connectivity index (χ1) is 12.7. The summed E-state index contributed by atoms with van der Waals surface area (Å²) in [6, 6.07) is 3.03. The highest BCUT2D eigenvalue weighted by Crippen LogP contribution is 2.30. The molecule has 1 aliphatic rings. The molecule has 0 saturated heterocycles. The van der Waals surface area contributed by atoms with Gasteiger partial charge in [0.05, 0.1) is 26.4 Å². The number of alkyl halides is 3. The molecule has 11 heteroatoms. The van der Waals surface area contributed by atoms with Crippen molar-refractivity contribution in [1.82, 2.24) is 0 Å². The van der Waals surface area contributed by atoms with Gasteiger partial charge in [-0.3, -0.25) is 0 Å². The molecule has 1 aromatic rings. The summed E-state index contributed by atoms with van der Waals surface area (Å²) in [5.41, 5.74) is -0.333. The first-order valence-electron chi connectivity index (χ1n) is 7.42. The normalized spacial score (nSPS) is 14.8. The molecule has 0 fully saturated rings. The van der Waals surface area contributed by atoms with Gasteiger partial charge in [-0.2, -0.15) is 13.2 Å². The molecule has 1 aromatic carbocycles. The van der Waals surface area contributed by atoms with Crippen LogP contribution in [0.3, 0.4) is 0 Å². The zero-order valence-corrected chi connectivity index (χ0v) is 14.3. The Bertz CT molecular complexity index is 762. The molecule has 2 rings (SSSR count). The lowest BCUT2D eigenvalue weighted by atomic mass is 10.1. The zero-order chi connectivity index (χ0) is 20.2. The predicted octanol–water partition coefficient (Wildman–Crippen LogP) is 2.16. The second kappa shape index (κ2) is 8.25. The fraction of sp³-hybridized carbons (Fsp3) is 0.375. The van der Waals surface area contributed by atoms with Crippen LogP contribution in [0.4, 0.5) is 23.2 Å². The van der Waals surface area contributed by atoms with Crippen molar-refractivity contribution in [3.63, 3.8) is 0 Å². The fourth-order valence-corrected chi connectivity index (χ4v) is 2.28. The highest BCUT2D eigenvalue weighted by molar-refractivity contribution is 6.03. The maximum absolute atomic E-state index is 14.1. The minimum Gasteiger partial charge on any atom is -0.481 e. The van der Waals surface area contributed by atoms with E-state index in [1.54, 1.807) is 0 Å². The van der Waals surface area contributed by atoms with Gasteiger partial charge in [0, 0.05) is 11.8 Å². The first kappa shape index (κ1) is 20.5. The smallest absolute Gasteiger partial charge is 0.422 e. The number of carbonyl (C=O) groups excluding carboxylic acids is 2. The van der Waals surface area contributed by atoms with Gasteiger partial charge in [-0.25, -0.2) is 14.0 Å². The van der Waals surface area contributed by atoms with E-state index in [1.165, 1.54) is 6.07 Å². The SMILES string of the molecule is COC(=O)C1=C(C(=O)OC)N(c2ccc(OCC(F)(F)F)c(F)c2)COC1. The second-order valence-electron chi connectivity index (χ2n) is 5.23. The van der Waals surface area contributed by atoms with Gasteiger partial charge in [-0.05, 0) is 12.1 Å². The largest absolute Gasteiger partial charge is 0.481 e. The average Bonchev–Trinajstić information content (AvgIpc) is 2.64. The van der Waals surface area contributed by atoms with E-state index in [0.717, 1.165) is 31.3 Å². The van der Waals surface area contributed by atoms with Crippen LogP contribution in [-0.4, -0.2) is 52.3 Å². The third-order valence-corrected chi connectivity index (χ3v) is 3.45. The Hall–Kier alpha value is -2.82. The predicted molar refractivity (Wildman–Crippen MR) is 82.3 cm³/mol. The van der Waals surface area contributed by atoms with Gasteiger partial charge < -0.3 is 23.8 Å². The van der Waals surface area contributed by atoms with Crippen molar-refractivity contribution in [2.75, 3.05) is 39.1 Å². The number of halogens is 4. The Labute approximate surface area is 151 Å². The topological polar surface area (TPSA) is 74.3 Å². The van der Waals surface area contributed by atoms with Gasteiger partial charge in [-0.15, -0.1) is 0 Å². The monoisotopic (exact) mass is 393 g/mol. The van der Waals surface area contributed by atoms with Crippen LogP contribution in [0.15, 0.2) is 29.5 Å². The molecule has 148 valence electrons. The van der Waals surface area contributed by atoms with Gasteiger partial charge in [0.1, 0.15) is 12.4 Å². The maximum Gasteiger partial charge on any atom is 0.422 e. The van der Waals surface area contributed by atoms with Crippen molar-refractivity contribution in [2.45, 2.75) is 6.18 Å². The van der Waals surface area contributed by atoms with Crippen LogP contribution in [0.2, 0.25) is 0 Å². The molecule has 0 bridgehead atoms. The van der Waals surface area contributed by atoms with E-state index < -0.39 is 36.3 Å². The van der Waals surface area contributed by atoms with E-state index >= 15 is 0 Å². The Kier molecular flexibility index (Phi) is 6.26. The number of esters is 2. The number of nitrogens with zero attached hydrogens (tertiary/aromatic N) is 1. The summed E-state index contributed by atoms with van der Waals surface area (Å²) >= 11 is 0. The lowest BCUT2D eigenvalue weighted by Gasteiger charge is -2.31. The summed E-state index contributed by atoms with van der Waals surface area (Å²) in [5.74, 6) is -3.45. The lowest BCUT2D eigenvalue weighted by molar-refractivity contribution is -0.153. The van der Waals surface area contributed by atoms with Crippen LogP contribution >= 0.6 is 0 Å². The molecule has 0 N–H and O–H groups in total. The van der Waals surface area contributed by atoms with E-state index in [-0.39, 0.29) is 30.3 Å². The quantitative estimate of drug-likeness (QED) is 0.561. The maximum atomic E-state index is 14.1. The summed E-state index contributed by atoms with van der Waals surface area (Å²) < 4.78 is 69.6. The highest BCUT2D eigenvalue weighted by Gasteiger charge is 2.33. The molecule has 0 unspecified atom stereocenters. The minimum atomic E-state index is -4.62. The molecular formula is C16H15F4NO6. The third-order valence-electron chi connectivity index (χ3n) is 3.45. The zero-order valence-electron chi connectivity index (χ0n) is 14.3. The van der Waals surface area contributed by atoms with Gasteiger partial charge >= 0.3 is 18.1 Å². The fourth-order valence-electron chi connectivity index (χ4n) is 2.28. The summed E-state index contributed by atoms with van der Waals surface area (Å²) in [6.07, 6.45) is -4.62. The molecule has 27 heavy (non-hydrogen) atoms. The van der Waals surface area contributed by atoms with Crippen molar-refractivity contribution < 1.29 is 46.1 Å². The van der Waals surface area contributed by atoms with Crippen LogP contribution < -0.4 is 9.64 Å². The number of hydrogen-bond acceptors (Lipinski definition) is 7. The summed E-state index contributed by atoms with van der Waals surface area (Å²) in [5, 5.41) is 0. The third kappa shape index (κ3) is 4.88. The summed E-state index contributed by atoms with van der Waals surface area (Å²) in [6.45, 7) is -2.12. The van der Waals surface area contributed by atoms with Gasteiger partial charge in [0.2, 0.25) is 0 Å². The molecule has 0 saturated carbocycles. The molecule has 0 radical (unpaired) electrons. The molecule has 1 aliphatic heterocycles. The Morgan fingerprint density at radius 2 is 1.85 bits per heavy atom. The van der Waals surface area contributed by atoms with Crippen LogP contribution in [0.1, 0.15) is 0 Å². The van der Waals surface area contributed by atoms with Crippen LogP contribution in [-0.2, 0) is 23.8 Å². The standard InChI is InChI=1S/C16H15F4NO6/c1-24-14(22)10-6-26-8-21(13(10)15(23)25-2)9-3-4-12(11(17)5-9)27-7-16(18,19)20/h3-5H,6-8H2,1-2H3. The second-order valence-corrected chi connectivity index (χ2v) is 5.23. The Morgan fingerprint density at radius 3 is 2.41 bits per heavy atom. The number of anilines is 1. The van der Waals surface area contributed by atoms with Gasteiger partial charge in [0.25, 0.3) is 0 Å². The van der Waals surface area contributed by atoms with Gasteiger partial charge in [-0.1, -0.05) is 0 Å². The number of carbonyl (C=O) groups is 2. The number of rotatable bonds is 5. The van der Waals surface area contributed by atoms with Crippen molar-refractivity contribution in [3.05, 3.63) is 35.3 Å². The molecule has 1 heterocycles. The molecule has 0 aromatic heterocycles. The molecule has 0 aliphatic carbocycles. The van der Waals surface area contributed by atoms with Gasteiger partial charge in [0.15, 0.2) is 18.2 Å². The Morgan fingerprint density at radius 1 is 1.19 bits per heavy atom. The number of hydrogen-bond donors (Lipinski definition) is 0. The minimum absolute atomic E-state index is 0.0355. The average molecular weight is 393 g/mol. The number of methoxy groups -OCH3 is 2. The summed E-state index contributed by atoms with van der Waals surface area (Å²) in [4.78, 5) is 25.1. The van der Waals surface area contributed by atoms with E-state index in [2.05, 4.69) is 14.2 Å². The van der Waals surface area contributed by atoms with Crippen molar-refractivity contribution in [1.29, 1.82) is 0 Å². The molecule has 7 nitrogen and oxygen atoms in total. The molecule has 0 spiro atoms. The Balaban J connectivity index is 2.38. The summed E-state index contributed by atoms with van der Waals surface area (Å²) in [7, 11) is 2.20. The molecule has 0 amide bonds. The van der Waals surface area contributed by atoms with Crippen molar-refractivity contribution >= 4 is 17.6 Å². The van der Waals surface area contributed by atoms with E-state index in [4.69, 9.17) is 4.74 Å².